The molecule has 0 spiro atoms. The van der Waals surface area contributed by atoms with E-state index < -0.39 is 0 Å². The Morgan fingerprint density at radius 2 is 1.71 bits per heavy atom. The SMILES string of the molecule is CC(N)C(Sc1ncccn1)c1ccccc1. The normalized spacial score (nSPS) is 14.2. The van der Waals surface area contributed by atoms with Crippen molar-refractivity contribution in [2.75, 3.05) is 0 Å². The first-order valence-corrected chi connectivity index (χ1v) is 6.39. The summed E-state index contributed by atoms with van der Waals surface area (Å²) in [7, 11) is 0. The van der Waals surface area contributed by atoms with Gasteiger partial charge in [0.25, 0.3) is 0 Å². The molecule has 2 N–H and O–H groups in total. The van der Waals surface area contributed by atoms with E-state index in [4.69, 9.17) is 5.73 Å². The second kappa shape index (κ2) is 5.80. The lowest BCUT2D eigenvalue weighted by atomic mass is 10.1. The number of nitrogens with two attached hydrogens (primary N) is 1. The number of thioether (sulfide) groups is 1. The number of aromatic nitrogens is 2. The summed E-state index contributed by atoms with van der Waals surface area (Å²) in [5, 5.41) is 0.942. The van der Waals surface area contributed by atoms with Gasteiger partial charge in [-0.3, -0.25) is 0 Å². The molecule has 1 aromatic carbocycles. The molecule has 2 atom stereocenters. The summed E-state index contributed by atoms with van der Waals surface area (Å²) in [6.45, 7) is 2.01. The lowest BCUT2D eigenvalue weighted by Crippen LogP contribution is -2.22. The van der Waals surface area contributed by atoms with Crippen molar-refractivity contribution in [1.29, 1.82) is 0 Å². The predicted octanol–water partition coefficient (Wildman–Crippen LogP) is 2.66. The Hall–Kier alpha value is -1.39. The maximum Gasteiger partial charge on any atom is 0.188 e. The second-order valence-corrected chi connectivity index (χ2v) is 4.95. The van der Waals surface area contributed by atoms with Crippen LogP contribution in [0, 0.1) is 0 Å². The van der Waals surface area contributed by atoms with Gasteiger partial charge in [0.05, 0.1) is 5.25 Å². The molecule has 3 nitrogen and oxygen atoms in total. The summed E-state index contributed by atoms with van der Waals surface area (Å²) in [6, 6.07) is 12.1. The minimum absolute atomic E-state index is 0.0474. The number of hydrogen-bond acceptors (Lipinski definition) is 4. The molecule has 0 radical (unpaired) electrons. The summed E-state index contributed by atoms with van der Waals surface area (Å²) in [5.41, 5.74) is 7.25. The first-order valence-electron chi connectivity index (χ1n) is 5.51. The summed E-state index contributed by atoms with van der Waals surface area (Å²) in [4.78, 5) is 8.45. The molecule has 0 aliphatic rings. The van der Waals surface area contributed by atoms with E-state index in [1.165, 1.54) is 5.56 Å². The van der Waals surface area contributed by atoms with Crippen LogP contribution >= 0.6 is 11.8 Å². The van der Waals surface area contributed by atoms with Gasteiger partial charge >= 0.3 is 0 Å². The van der Waals surface area contributed by atoms with Gasteiger partial charge in [0.2, 0.25) is 0 Å². The van der Waals surface area contributed by atoms with Crippen LogP contribution in [0.4, 0.5) is 0 Å². The molecule has 0 amide bonds. The fraction of sp³-hybridized carbons (Fsp3) is 0.231. The smallest absolute Gasteiger partial charge is 0.188 e. The van der Waals surface area contributed by atoms with E-state index in [2.05, 4.69) is 22.1 Å². The van der Waals surface area contributed by atoms with Gasteiger partial charge in [-0.15, -0.1) is 0 Å². The van der Waals surface area contributed by atoms with Crippen LogP contribution in [0.25, 0.3) is 0 Å². The highest BCUT2D eigenvalue weighted by Crippen LogP contribution is 2.34. The fourth-order valence-corrected chi connectivity index (χ4v) is 2.56. The van der Waals surface area contributed by atoms with Crippen molar-refractivity contribution < 1.29 is 0 Å². The maximum absolute atomic E-state index is 6.04. The van der Waals surface area contributed by atoms with E-state index in [1.807, 2.05) is 31.2 Å². The van der Waals surface area contributed by atoms with Crippen LogP contribution in [0.2, 0.25) is 0 Å². The molecule has 88 valence electrons. The molecular weight excluding hydrogens is 230 g/mol. The summed E-state index contributed by atoms with van der Waals surface area (Å²) >= 11 is 1.60. The number of benzene rings is 1. The first kappa shape index (κ1) is 12.1. The van der Waals surface area contributed by atoms with Gasteiger partial charge in [-0.1, -0.05) is 42.1 Å². The first-order chi connectivity index (χ1) is 8.27. The molecule has 2 aromatic rings. The highest BCUT2D eigenvalue weighted by molar-refractivity contribution is 7.99. The van der Waals surface area contributed by atoms with Crippen LogP contribution in [-0.4, -0.2) is 16.0 Å². The van der Waals surface area contributed by atoms with Gasteiger partial charge in [-0.2, -0.15) is 0 Å². The highest BCUT2D eigenvalue weighted by Gasteiger charge is 2.18. The Kier molecular flexibility index (Phi) is 4.12. The third-order valence-corrected chi connectivity index (χ3v) is 3.76. The Morgan fingerprint density at radius 1 is 1.06 bits per heavy atom. The summed E-state index contributed by atoms with van der Waals surface area (Å²) < 4.78 is 0. The molecule has 1 aromatic heterocycles. The Labute approximate surface area is 105 Å². The zero-order chi connectivity index (χ0) is 12.1. The van der Waals surface area contributed by atoms with E-state index in [0.717, 1.165) is 5.16 Å². The third kappa shape index (κ3) is 3.28. The molecule has 0 bridgehead atoms. The molecule has 1 heterocycles. The summed E-state index contributed by atoms with van der Waals surface area (Å²) in [5.74, 6) is 0. The minimum Gasteiger partial charge on any atom is -0.327 e. The van der Waals surface area contributed by atoms with Gasteiger partial charge in [-0.25, -0.2) is 9.97 Å². The van der Waals surface area contributed by atoms with Crippen molar-refractivity contribution in [2.45, 2.75) is 23.4 Å². The van der Waals surface area contributed by atoms with Gasteiger partial charge in [0.1, 0.15) is 0 Å². The van der Waals surface area contributed by atoms with Crippen LogP contribution in [0.15, 0.2) is 53.9 Å². The van der Waals surface area contributed by atoms with Gasteiger partial charge in [-0.05, 0) is 18.6 Å². The Bertz CT molecular complexity index is 445. The number of nitrogens with zero attached hydrogens (tertiary/aromatic N) is 2. The van der Waals surface area contributed by atoms with Crippen LogP contribution in [0.5, 0.6) is 0 Å². The monoisotopic (exact) mass is 245 g/mol. The van der Waals surface area contributed by atoms with Crippen LogP contribution in [-0.2, 0) is 0 Å². The quantitative estimate of drug-likeness (QED) is 0.664. The average Bonchev–Trinajstić information content (AvgIpc) is 2.38. The zero-order valence-corrected chi connectivity index (χ0v) is 10.5. The lowest BCUT2D eigenvalue weighted by molar-refractivity contribution is 0.718. The van der Waals surface area contributed by atoms with Gasteiger partial charge in [0.15, 0.2) is 5.16 Å². The summed E-state index contributed by atoms with van der Waals surface area (Å²) in [6.07, 6.45) is 3.50. The molecule has 0 saturated carbocycles. The predicted molar refractivity (Wildman–Crippen MR) is 70.7 cm³/mol. The van der Waals surface area contributed by atoms with E-state index in [9.17, 15) is 0 Å². The van der Waals surface area contributed by atoms with Crippen molar-refractivity contribution in [1.82, 2.24) is 9.97 Å². The van der Waals surface area contributed by atoms with Crippen LogP contribution in [0.3, 0.4) is 0 Å². The third-order valence-electron chi connectivity index (χ3n) is 2.38. The number of hydrogen-bond donors (Lipinski definition) is 1. The lowest BCUT2D eigenvalue weighted by Gasteiger charge is -2.19. The van der Waals surface area contributed by atoms with Crippen molar-refractivity contribution >= 4 is 11.8 Å². The van der Waals surface area contributed by atoms with Crippen molar-refractivity contribution in [2.24, 2.45) is 5.73 Å². The molecule has 0 aliphatic carbocycles. The number of rotatable bonds is 4. The van der Waals surface area contributed by atoms with Crippen LogP contribution in [0.1, 0.15) is 17.7 Å². The zero-order valence-electron chi connectivity index (χ0n) is 9.65. The molecular formula is C13H15N3S. The van der Waals surface area contributed by atoms with E-state index in [0.29, 0.717) is 0 Å². The molecule has 4 heteroatoms. The van der Waals surface area contributed by atoms with Crippen molar-refractivity contribution in [3.8, 4) is 0 Å². The van der Waals surface area contributed by atoms with E-state index in [-0.39, 0.29) is 11.3 Å². The van der Waals surface area contributed by atoms with Crippen molar-refractivity contribution in [3.05, 3.63) is 54.4 Å². The molecule has 2 rings (SSSR count). The molecule has 0 aliphatic heterocycles. The van der Waals surface area contributed by atoms with Crippen LogP contribution < -0.4 is 5.73 Å². The second-order valence-electron chi connectivity index (χ2n) is 3.84. The topological polar surface area (TPSA) is 51.8 Å². The van der Waals surface area contributed by atoms with E-state index >= 15 is 0 Å². The minimum atomic E-state index is 0.0474. The average molecular weight is 245 g/mol. The van der Waals surface area contributed by atoms with Gasteiger partial charge in [0, 0.05) is 18.4 Å². The molecule has 0 saturated heterocycles. The largest absolute Gasteiger partial charge is 0.327 e. The van der Waals surface area contributed by atoms with Crippen molar-refractivity contribution in [3.63, 3.8) is 0 Å². The fourth-order valence-electron chi connectivity index (χ4n) is 1.58. The standard InChI is InChI=1S/C13H15N3S/c1-10(14)12(11-6-3-2-4-7-11)17-13-15-8-5-9-16-13/h2-10,12H,14H2,1H3. The molecule has 0 fully saturated rings. The molecule has 2 unspecified atom stereocenters. The Morgan fingerprint density at radius 3 is 2.29 bits per heavy atom. The van der Waals surface area contributed by atoms with E-state index in [1.54, 1.807) is 24.2 Å². The highest BCUT2D eigenvalue weighted by atomic mass is 32.2. The maximum atomic E-state index is 6.04. The van der Waals surface area contributed by atoms with Gasteiger partial charge < -0.3 is 5.73 Å². The molecule has 17 heavy (non-hydrogen) atoms. The Balaban J connectivity index is 2.20.